The molecule has 1 unspecified atom stereocenters. The van der Waals surface area contributed by atoms with Crippen molar-refractivity contribution in [3.63, 3.8) is 0 Å². The molecule has 0 saturated carbocycles. The van der Waals surface area contributed by atoms with Gasteiger partial charge in [0.2, 0.25) is 5.91 Å². The van der Waals surface area contributed by atoms with E-state index in [0.717, 1.165) is 26.5 Å². The minimum atomic E-state index is -0.325. The number of aryl methyl sites for hydroxylation is 1. The summed E-state index contributed by atoms with van der Waals surface area (Å²) in [7, 11) is 3.55. The molecule has 0 fully saturated rings. The van der Waals surface area contributed by atoms with E-state index in [1.807, 2.05) is 66.3 Å². The van der Waals surface area contributed by atoms with Crippen LogP contribution in [0.5, 0.6) is 5.75 Å². The fourth-order valence-corrected chi connectivity index (χ4v) is 3.60. The molecule has 0 aliphatic carbocycles. The van der Waals surface area contributed by atoms with Gasteiger partial charge >= 0.3 is 0 Å². The predicted octanol–water partition coefficient (Wildman–Crippen LogP) is 4.19. The lowest BCUT2D eigenvalue weighted by Gasteiger charge is -2.19. The van der Waals surface area contributed by atoms with Crippen LogP contribution < -0.4 is 10.1 Å². The van der Waals surface area contributed by atoms with Gasteiger partial charge in [-0.3, -0.25) is 4.79 Å². The molecule has 0 radical (unpaired) electrons. The Morgan fingerprint density at radius 2 is 1.93 bits per heavy atom. The van der Waals surface area contributed by atoms with Gasteiger partial charge in [-0.2, -0.15) is 0 Å². The van der Waals surface area contributed by atoms with E-state index in [4.69, 9.17) is 4.74 Å². The van der Waals surface area contributed by atoms with E-state index in [2.05, 4.69) is 26.2 Å². The summed E-state index contributed by atoms with van der Waals surface area (Å²) in [5, 5.41) is 3.10. The predicted molar refractivity (Wildman–Crippen MR) is 111 cm³/mol. The summed E-state index contributed by atoms with van der Waals surface area (Å²) in [4.78, 5) is 18.1. The second-order valence-corrected chi connectivity index (χ2v) is 7.88. The summed E-state index contributed by atoms with van der Waals surface area (Å²) in [6.07, 6.45) is 3.60. The highest BCUT2D eigenvalue weighted by Crippen LogP contribution is 2.24. The highest BCUT2D eigenvalue weighted by Gasteiger charge is 2.20. The van der Waals surface area contributed by atoms with Gasteiger partial charge < -0.3 is 14.6 Å². The zero-order valence-corrected chi connectivity index (χ0v) is 17.5. The molecule has 7 heteroatoms. The van der Waals surface area contributed by atoms with Crippen LogP contribution in [0.2, 0.25) is 0 Å². The summed E-state index contributed by atoms with van der Waals surface area (Å²) >= 11 is 4.92. The van der Waals surface area contributed by atoms with Crippen molar-refractivity contribution in [3.05, 3.63) is 76.8 Å². The first-order valence-electron chi connectivity index (χ1n) is 8.35. The number of rotatable bonds is 7. The van der Waals surface area contributed by atoms with Gasteiger partial charge in [0.05, 0.1) is 12.9 Å². The molecule has 1 aromatic heterocycles. The van der Waals surface area contributed by atoms with Gasteiger partial charge in [0.15, 0.2) is 0 Å². The highest BCUT2D eigenvalue weighted by molar-refractivity contribution is 9.10. The number of halogens is 1. The van der Waals surface area contributed by atoms with Crippen molar-refractivity contribution in [1.82, 2.24) is 14.9 Å². The van der Waals surface area contributed by atoms with Crippen molar-refractivity contribution in [2.45, 2.75) is 10.9 Å². The number of carbonyl (C=O) groups is 1. The van der Waals surface area contributed by atoms with Crippen molar-refractivity contribution in [1.29, 1.82) is 0 Å². The van der Waals surface area contributed by atoms with Crippen LogP contribution in [0.4, 0.5) is 0 Å². The van der Waals surface area contributed by atoms with E-state index in [-0.39, 0.29) is 11.9 Å². The number of carbonyl (C=O) groups excluding carboxylic acids is 1. The van der Waals surface area contributed by atoms with Gasteiger partial charge in [0, 0.05) is 28.8 Å². The van der Waals surface area contributed by atoms with E-state index in [1.165, 1.54) is 11.8 Å². The first kappa shape index (κ1) is 19.5. The Morgan fingerprint density at radius 1 is 1.22 bits per heavy atom. The maximum Gasteiger partial charge on any atom is 0.231 e. The average molecular weight is 446 g/mol. The zero-order valence-electron chi connectivity index (χ0n) is 15.1. The van der Waals surface area contributed by atoms with Crippen LogP contribution in [0.25, 0.3) is 0 Å². The molecule has 0 spiro atoms. The molecule has 1 atom stereocenters. The molecule has 140 valence electrons. The normalized spacial score (nSPS) is 11.8. The lowest BCUT2D eigenvalue weighted by atomic mass is 10.1. The van der Waals surface area contributed by atoms with Gasteiger partial charge in [-0.1, -0.05) is 28.1 Å². The van der Waals surface area contributed by atoms with E-state index in [0.29, 0.717) is 5.75 Å². The number of benzene rings is 2. The summed E-state index contributed by atoms with van der Waals surface area (Å²) < 4.78 is 8.16. The SMILES string of the molecule is COc1ccc(C(NC(=O)CSc2ccc(Br)cc2)c2nccn2C)cc1. The fraction of sp³-hybridized carbons (Fsp3) is 0.200. The van der Waals surface area contributed by atoms with Crippen molar-refractivity contribution >= 4 is 33.6 Å². The molecule has 1 amide bonds. The monoisotopic (exact) mass is 445 g/mol. The molecule has 27 heavy (non-hydrogen) atoms. The van der Waals surface area contributed by atoms with Crippen molar-refractivity contribution < 1.29 is 9.53 Å². The molecule has 1 N–H and O–H groups in total. The topological polar surface area (TPSA) is 56.1 Å². The van der Waals surface area contributed by atoms with Crippen LogP contribution in [-0.4, -0.2) is 28.3 Å². The molecule has 5 nitrogen and oxygen atoms in total. The highest BCUT2D eigenvalue weighted by atomic mass is 79.9. The van der Waals surface area contributed by atoms with Crippen LogP contribution in [-0.2, 0) is 11.8 Å². The van der Waals surface area contributed by atoms with Crippen LogP contribution >= 0.6 is 27.7 Å². The third-order valence-electron chi connectivity index (χ3n) is 4.05. The molecule has 3 rings (SSSR count). The first-order chi connectivity index (χ1) is 13.1. The Kier molecular flexibility index (Phi) is 6.58. The second kappa shape index (κ2) is 9.10. The molecular weight excluding hydrogens is 426 g/mol. The van der Waals surface area contributed by atoms with Crippen LogP contribution in [0.1, 0.15) is 17.4 Å². The van der Waals surface area contributed by atoms with Crippen LogP contribution in [0.15, 0.2) is 70.3 Å². The number of amides is 1. The third-order valence-corrected chi connectivity index (χ3v) is 5.60. The maximum atomic E-state index is 12.6. The van der Waals surface area contributed by atoms with E-state index in [1.54, 1.807) is 13.3 Å². The van der Waals surface area contributed by atoms with Crippen LogP contribution in [0.3, 0.4) is 0 Å². The largest absolute Gasteiger partial charge is 0.497 e. The summed E-state index contributed by atoms with van der Waals surface area (Å²) in [5.41, 5.74) is 0.951. The van der Waals surface area contributed by atoms with E-state index in [9.17, 15) is 4.79 Å². The minimum absolute atomic E-state index is 0.0493. The standard InChI is InChI=1S/C20H20BrN3O2S/c1-24-12-11-22-20(24)19(14-3-7-16(26-2)8-4-14)23-18(25)13-27-17-9-5-15(21)6-10-17/h3-12,19H,13H2,1-2H3,(H,23,25). The van der Waals surface area contributed by atoms with Gasteiger partial charge in [0.1, 0.15) is 17.6 Å². The quantitative estimate of drug-likeness (QED) is 0.553. The zero-order chi connectivity index (χ0) is 19.2. The number of ether oxygens (including phenoxy) is 1. The van der Waals surface area contributed by atoms with Gasteiger partial charge in [-0.05, 0) is 42.0 Å². The van der Waals surface area contributed by atoms with Gasteiger partial charge in [-0.25, -0.2) is 4.98 Å². The number of aromatic nitrogens is 2. The number of hydrogen-bond donors (Lipinski definition) is 1. The Hall–Kier alpha value is -2.25. The second-order valence-electron chi connectivity index (χ2n) is 5.91. The number of hydrogen-bond acceptors (Lipinski definition) is 4. The fourth-order valence-electron chi connectivity index (χ4n) is 2.63. The van der Waals surface area contributed by atoms with Crippen molar-refractivity contribution in [2.75, 3.05) is 12.9 Å². The number of nitrogens with zero attached hydrogens (tertiary/aromatic N) is 2. The average Bonchev–Trinajstić information content (AvgIpc) is 3.11. The van der Waals surface area contributed by atoms with Crippen molar-refractivity contribution in [2.24, 2.45) is 7.05 Å². The Balaban J connectivity index is 1.73. The summed E-state index contributed by atoms with van der Waals surface area (Å²) in [6, 6.07) is 15.2. The third kappa shape index (κ3) is 5.14. The molecule has 0 aliphatic rings. The van der Waals surface area contributed by atoms with Gasteiger partial charge in [0.25, 0.3) is 0 Å². The van der Waals surface area contributed by atoms with E-state index < -0.39 is 0 Å². The molecule has 1 heterocycles. The molecule has 0 aliphatic heterocycles. The molecular formula is C20H20BrN3O2S. The maximum absolute atomic E-state index is 12.6. The number of methoxy groups -OCH3 is 1. The molecule has 3 aromatic rings. The smallest absolute Gasteiger partial charge is 0.231 e. The molecule has 0 bridgehead atoms. The molecule has 0 saturated heterocycles. The van der Waals surface area contributed by atoms with Crippen molar-refractivity contribution in [3.8, 4) is 5.75 Å². The number of nitrogens with one attached hydrogen (secondary N) is 1. The van der Waals surface area contributed by atoms with E-state index >= 15 is 0 Å². The lowest BCUT2D eigenvalue weighted by molar-refractivity contribution is -0.119. The Bertz CT molecular complexity index is 894. The minimum Gasteiger partial charge on any atom is -0.497 e. The Labute approximate surface area is 171 Å². The van der Waals surface area contributed by atoms with Gasteiger partial charge in [-0.15, -0.1) is 11.8 Å². The van der Waals surface area contributed by atoms with Crippen LogP contribution in [0, 0.1) is 0 Å². The lowest BCUT2D eigenvalue weighted by Crippen LogP contribution is -2.32. The summed E-state index contributed by atoms with van der Waals surface area (Å²) in [6.45, 7) is 0. The number of thioether (sulfide) groups is 1. The molecule has 2 aromatic carbocycles. The Morgan fingerprint density at radius 3 is 2.52 bits per heavy atom. The number of imidazole rings is 1. The summed E-state index contributed by atoms with van der Waals surface area (Å²) in [5.74, 6) is 1.84. The first-order valence-corrected chi connectivity index (χ1v) is 10.1.